The molecule has 0 fully saturated rings. The minimum absolute atomic E-state index is 0.0941. The Hall–Kier alpha value is -4.38. The summed E-state index contributed by atoms with van der Waals surface area (Å²) in [6.07, 6.45) is 5.86. The summed E-state index contributed by atoms with van der Waals surface area (Å²) in [5.41, 5.74) is 26.2. The third kappa shape index (κ3) is 7.14. The highest BCUT2D eigenvalue weighted by Crippen LogP contribution is 2.28. The third-order valence-corrected chi connectivity index (χ3v) is 10.5. The Bertz CT molecular complexity index is 1950. The van der Waals surface area contributed by atoms with Crippen molar-refractivity contribution in [1.82, 2.24) is 0 Å². The third-order valence-electron chi connectivity index (χ3n) is 9.33. The zero-order chi connectivity index (χ0) is 33.2. The Morgan fingerprint density at radius 2 is 1.16 bits per heavy atom. The van der Waals surface area contributed by atoms with E-state index in [2.05, 4.69) is 96.6 Å². The summed E-state index contributed by atoms with van der Waals surface area (Å²) >= 11 is 0. The predicted octanol–water partition coefficient (Wildman–Crippen LogP) is 8.31. The quantitative estimate of drug-likeness (QED) is 0.166. The van der Waals surface area contributed by atoms with Gasteiger partial charge in [0.1, 0.15) is 0 Å². The van der Waals surface area contributed by atoms with Gasteiger partial charge >= 0.3 is 5.71 Å². The van der Waals surface area contributed by atoms with Crippen molar-refractivity contribution >= 4 is 27.4 Å². The summed E-state index contributed by atoms with van der Waals surface area (Å²) in [5, 5.41) is 0. The number of fused-ring (bicyclic) bond motifs is 1. The van der Waals surface area contributed by atoms with Gasteiger partial charge in [-0.05, 0) is 142 Å². The Morgan fingerprint density at radius 1 is 0.644 bits per heavy atom. The van der Waals surface area contributed by atoms with Crippen LogP contribution < -0.4 is 0 Å². The van der Waals surface area contributed by atoms with E-state index in [0.717, 1.165) is 19.1 Å². The second-order valence-corrected chi connectivity index (χ2v) is 14.3. The van der Waals surface area contributed by atoms with Crippen LogP contribution in [0, 0.1) is 55.4 Å². The van der Waals surface area contributed by atoms with E-state index < -0.39 is 15.6 Å². The van der Waals surface area contributed by atoms with Crippen molar-refractivity contribution in [2.24, 2.45) is 0 Å². The highest BCUT2D eigenvalue weighted by Gasteiger charge is 2.28. The van der Waals surface area contributed by atoms with E-state index in [0.29, 0.717) is 5.56 Å². The second kappa shape index (κ2) is 13.3. The molecule has 0 amide bonds. The maximum atomic E-state index is 11.8. The van der Waals surface area contributed by atoms with Crippen molar-refractivity contribution in [3.8, 4) is 0 Å². The number of hydrogen-bond acceptors (Lipinski definition) is 3. The lowest BCUT2D eigenvalue weighted by Crippen LogP contribution is -2.19. The minimum Gasteiger partial charge on any atom is -0.361 e. The number of allylic oxidation sites excluding steroid dienone is 1. The van der Waals surface area contributed by atoms with Crippen LogP contribution in [0.4, 0.5) is 0 Å². The maximum absolute atomic E-state index is 11.8. The van der Waals surface area contributed by atoms with E-state index in [9.17, 15) is 13.2 Å². The van der Waals surface area contributed by atoms with Crippen molar-refractivity contribution in [2.45, 2.75) is 73.1 Å². The number of rotatable bonds is 5. The molecule has 0 N–H and O–H groups in total. The van der Waals surface area contributed by atoms with Crippen molar-refractivity contribution in [1.29, 1.82) is 0 Å². The molecule has 0 heterocycles. The topological polar surface area (TPSA) is 87.6 Å². The number of hydrogen-bond donors (Lipinski definition) is 0. The SMILES string of the molecule is CS(=O)(=O)c1cccc2c1C=CC(=[N+]=[N-])C2=O.Cc1cc(Cc2ccc(C)c(C)c2C)c(C)c(Cc2ccc(C)c(C)c2C)c1. The van der Waals surface area contributed by atoms with Crippen LogP contribution >= 0.6 is 0 Å². The fourth-order valence-corrected chi connectivity index (χ4v) is 6.79. The van der Waals surface area contributed by atoms with Crippen molar-refractivity contribution in [3.63, 3.8) is 0 Å². The molecule has 1 aliphatic carbocycles. The predicted molar refractivity (Wildman–Crippen MR) is 184 cm³/mol. The molecule has 45 heavy (non-hydrogen) atoms. The first-order valence-corrected chi connectivity index (χ1v) is 17.0. The van der Waals surface area contributed by atoms with Crippen molar-refractivity contribution < 1.29 is 18.0 Å². The molecule has 5 nitrogen and oxygen atoms in total. The average Bonchev–Trinajstić information content (AvgIpc) is 2.99. The van der Waals surface area contributed by atoms with Crippen LogP contribution in [0.2, 0.25) is 0 Å². The van der Waals surface area contributed by atoms with E-state index in [-0.39, 0.29) is 16.2 Å². The van der Waals surface area contributed by atoms with Gasteiger partial charge in [-0.25, -0.2) is 8.42 Å². The number of carbonyl (C=O) groups excluding carboxylic acids is 1. The molecule has 1 aliphatic rings. The number of benzene rings is 4. The molecule has 4 aromatic rings. The molecule has 0 radical (unpaired) electrons. The minimum atomic E-state index is -3.40. The molecular weight excluding hydrogens is 577 g/mol. The van der Waals surface area contributed by atoms with Crippen LogP contribution in [-0.2, 0) is 22.7 Å². The molecule has 0 saturated carbocycles. The summed E-state index contributed by atoms with van der Waals surface area (Å²) in [4.78, 5) is 14.7. The summed E-state index contributed by atoms with van der Waals surface area (Å²) < 4.78 is 23.1. The van der Waals surface area contributed by atoms with Crippen LogP contribution in [0.1, 0.15) is 82.7 Å². The molecule has 0 unspecified atom stereocenters. The van der Waals surface area contributed by atoms with Gasteiger partial charge in [-0.1, -0.05) is 54.1 Å². The lowest BCUT2D eigenvalue weighted by atomic mass is 9.87. The normalized spacial score (nSPS) is 12.4. The molecule has 0 aromatic heterocycles. The van der Waals surface area contributed by atoms with Gasteiger partial charge in [0.15, 0.2) is 9.84 Å². The van der Waals surface area contributed by atoms with E-state index in [1.165, 1.54) is 97.1 Å². The van der Waals surface area contributed by atoms with Crippen LogP contribution in [0.25, 0.3) is 11.6 Å². The molecule has 6 heteroatoms. The van der Waals surface area contributed by atoms with Crippen molar-refractivity contribution in [3.05, 3.63) is 144 Å². The summed E-state index contributed by atoms with van der Waals surface area (Å²) in [6, 6.07) is 18.3. The first-order chi connectivity index (χ1) is 21.1. The number of nitrogens with zero attached hydrogens (tertiary/aromatic N) is 2. The van der Waals surface area contributed by atoms with E-state index in [1.807, 2.05) is 0 Å². The summed E-state index contributed by atoms with van der Waals surface area (Å²) in [6.45, 7) is 18.0. The summed E-state index contributed by atoms with van der Waals surface area (Å²) in [5.74, 6) is -0.490. The average molecular weight is 619 g/mol. The number of sulfone groups is 1. The highest BCUT2D eigenvalue weighted by molar-refractivity contribution is 7.90. The Balaban J connectivity index is 0.000000231. The summed E-state index contributed by atoms with van der Waals surface area (Å²) in [7, 11) is -3.40. The number of ketones is 1. The van der Waals surface area contributed by atoms with Gasteiger partial charge in [-0.3, -0.25) is 4.79 Å². The smallest absolute Gasteiger partial charge is 0.361 e. The maximum Gasteiger partial charge on any atom is 0.362 e. The van der Waals surface area contributed by atoms with Gasteiger partial charge in [-0.2, -0.15) is 4.79 Å². The van der Waals surface area contributed by atoms with Crippen LogP contribution in [-0.4, -0.2) is 31.0 Å². The molecule has 0 spiro atoms. The van der Waals surface area contributed by atoms with E-state index >= 15 is 0 Å². The zero-order valence-corrected chi connectivity index (χ0v) is 28.6. The van der Waals surface area contributed by atoms with Crippen LogP contribution in [0.3, 0.4) is 0 Å². The van der Waals surface area contributed by atoms with Gasteiger partial charge in [0.2, 0.25) is 0 Å². The fourth-order valence-electron chi connectivity index (χ4n) is 5.89. The first-order valence-electron chi connectivity index (χ1n) is 15.1. The molecule has 5 rings (SSSR count). The highest BCUT2D eigenvalue weighted by atomic mass is 32.2. The van der Waals surface area contributed by atoms with Gasteiger partial charge in [0, 0.05) is 23.5 Å². The van der Waals surface area contributed by atoms with E-state index in [1.54, 1.807) is 0 Å². The first kappa shape index (κ1) is 33.5. The lowest BCUT2D eigenvalue weighted by molar-refractivity contribution is -0.00436. The number of carbonyl (C=O) groups is 1. The Kier molecular flexibility index (Phi) is 9.92. The number of Topliss-reactive ketones (excluding diaryl/α,β-unsaturated/α-hetero) is 1. The number of aryl methyl sites for hydroxylation is 3. The van der Waals surface area contributed by atoms with Gasteiger partial charge in [0.25, 0.3) is 5.78 Å². The van der Waals surface area contributed by atoms with Gasteiger partial charge < -0.3 is 5.53 Å². The molecular formula is C39H42N2O3S. The molecule has 0 atom stereocenters. The molecule has 0 bridgehead atoms. The van der Waals surface area contributed by atoms with Crippen LogP contribution in [0.5, 0.6) is 0 Å². The second-order valence-electron chi connectivity index (χ2n) is 12.3. The molecule has 4 aromatic carbocycles. The Labute approximate surface area is 268 Å². The van der Waals surface area contributed by atoms with Crippen LogP contribution in [0.15, 0.2) is 65.6 Å². The van der Waals surface area contributed by atoms with Gasteiger partial charge in [0.05, 0.1) is 4.90 Å². The van der Waals surface area contributed by atoms with Gasteiger partial charge in [-0.15, -0.1) is 0 Å². The molecule has 232 valence electrons. The largest absolute Gasteiger partial charge is 0.362 e. The zero-order valence-electron chi connectivity index (χ0n) is 27.8. The standard InChI is InChI=1S/C28H34.C11H8N2O3S/c1-17-13-27(15-25-11-9-18(2)20(4)22(25)6)24(8)28(14-17)16-26-12-10-19(3)21(5)23(26)7;1-17(15,16)10-4-2-3-8-7(10)5-6-9(13-12)11(8)14/h9-14H,15-16H2,1-8H3;2-6H,1H3. The molecule has 0 aliphatic heterocycles. The fraction of sp³-hybridized carbons (Fsp3) is 0.282. The van der Waals surface area contributed by atoms with Crippen molar-refractivity contribution in [2.75, 3.05) is 6.26 Å². The monoisotopic (exact) mass is 618 g/mol. The van der Waals surface area contributed by atoms with E-state index in [4.69, 9.17) is 5.53 Å². The Morgan fingerprint density at radius 3 is 1.62 bits per heavy atom. The molecule has 0 saturated heterocycles. The lowest BCUT2D eigenvalue weighted by Gasteiger charge is -2.18.